The van der Waals surface area contributed by atoms with E-state index in [0.29, 0.717) is 6.42 Å². The molecule has 2 rings (SSSR count). The van der Waals surface area contributed by atoms with Gasteiger partial charge in [0.25, 0.3) is 5.56 Å². The molecule has 1 saturated heterocycles. The average Bonchev–Trinajstić information content (AvgIpc) is 2.86. The average molecular weight is 404 g/mol. The van der Waals surface area contributed by atoms with Gasteiger partial charge in [-0.1, -0.05) is 0 Å². The minimum atomic E-state index is -1.38. The lowest BCUT2D eigenvalue weighted by Crippen LogP contribution is -2.38. The molecule has 2 heterocycles. The lowest BCUT2D eigenvalue weighted by Gasteiger charge is -2.19. The summed E-state index contributed by atoms with van der Waals surface area (Å²) in [5.74, 6) is -1.03. The van der Waals surface area contributed by atoms with Crippen LogP contribution in [0, 0.1) is 0 Å². The van der Waals surface area contributed by atoms with Gasteiger partial charge in [-0.2, -0.15) is 0 Å². The Balaban J connectivity index is 2.23. The zero-order valence-electron chi connectivity index (χ0n) is 15.5. The van der Waals surface area contributed by atoms with E-state index >= 15 is 0 Å². The van der Waals surface area contributed by atoms with Crippen molar-refractivity contribution in [3.63, 3.8) is 0 Å². The first-order chi connectivity index (χ1) is 12.5. The van der Waals surface area contributed by atoms with E-state index < -0.39 is 55.3 Å². The maximum Gasteiger partial charge on any atom is 0.343 e. The number of esters is 1. The summed E-state index contributed by atoms with van der Waals surface area (Å²) in [6.45, 7) is 2.20. The Labute approximate surface area is 155 Å². The van der Waals surface area contributed by atoms with E-state index in [1.165, 1.54) is 0 Å². The topological polar surface area (TPSA) is 140 Å². The lowest BCUT2D eigenvalue weighted by molar-refractivity contribution is -0.142. The van der Waals surface area contributed by atoms with Crippen LogP contribution in [0.15, 0.2) is 15.8 Å². The van der Waals surface area contributed by atoms with Gasteiger partial charge in [-0.05, 0) is 25.9 Å². The van der Waals surface area contributed by atoms with Crippen molar-refractivity contribution in [2.75, 3.05) is 33.2 Å². The first-order valence-electron chi connectivity index (χ1n) is 8.27. The van der Waals surface area contributed by atoms with Crippen molar-refractivity contribution in [2.45, 2.75) is 31.0 Å². The van der Waals surface area contributed by atoms with Crippen molar-refractivity contribution in [1.82, 2.24) is 9.55 Å². The van der Waals surface area contributed by atoms with Gasteiger partial charge in [-0.15, -0.1) is 13.2 Å². The van der Waals surface area contributed by atoms with Crippen LogP contribution in [0.1, 0.15) is 12.6 Å². The van der Waals surface area contributed by atoms with Crippen LogP contribution in [-0.4, -0.2) is 83.6 Å². The second-order valence-electron chi connectivity index (χ2n) is 7.02. The fourth-order valence-corrected chi connectivity index (χ4v) is 3.58. The third-order valence-corrected chi connectivity index (χ3v) is 5.61. The Hall–Kier alpha value is -1.87. The van der Waals surface area contributed by atoms with E-state index in [0.717, 1.165) is 24.0 Å². The van der Waals surface area contributed by atoms with Crippen molar-refractivity contribution in [3.8, 4) is 5.75 Å². The highest BCUT2D eigenvalue weighted by Crippen LogP contribution is 2.39. The normalized spacial score (nSPS) is 25.4. The Bertz CT molecular complexity index is 842. The molecule has 0 spiro atoms. The number of aliphatic hydroxyl groups excluding tert-OH is 2. The van der Waals surface area contributed by atoms with Crippen LogP contribution < -0.4 is 16.0 Å². The van der Waals surface area contributed by atoms with Gasteiger partial charge < -0.3 is 24.4 Å². The number of nitrogens with one attached hydrogen (secondary N) is 1. The minimum Gasteiger partial charge on any atom is -0.475 e. The SMILES string of the molecule is C=P(C)(C)CC[C@H]1O[C@@H](n2cc(OCC(=O)OC)c(=O)[nH]c2=O)[C@H](O)[C@@H]1O. The highest BCUT2D eigenvalue weighted by molar-refractivity contribution is 7.72. The van der Waals surface area contributed by atoms with E-state index in [9.17, 15) is 24.6 Å². The molecule has 152 valence electrons. The maximum absolute atomic E-state index is 12.1. The first-order valence-corrected chi connectivity index (χ1v) is 11.3. The molecular weight excluding hydrogens is 379 g/mol. The van der Waals surface area contributed by atoms with Gasteiger partial charge in [0.1, 0.15) is 12.2 Å². The quantitative estimate of drug-likeness (QED) is 0.381. The number of hydrogen-bond donors (Lipinski definition) is 3. The predicted octanol–water partition coefficient (Wildman–Crippen LogP) is -1.19. The van der Waals surface area contributed by atoms with E-state index in [-0.39, 0.29) is 5.75 Å². The van der Waals surface area contributed by atoms with Crippen LogP contribution >= 0.6 is 6.89 Å². The lowest BCUT2D eigenvalue weighted by atomic mass is 10.1. The van der Waals surface area contributed by atoms with Crippen LogP contribution in [0.5, 0.6) is 5.75 Å². The van der Waals surface area contributed by atoms with Crippen LogP contribution in [0.3, 0.4) is 0 Å². The standard InChI is InChI=1S/C16H25N2O8P/c1-24-11(19)8-25-10-7-18(16(23)17-14(10)22)15-13(21)12(20)9(26-15)5-6-27(2,3)4/h7,9,12-13,15,20-21H,2,5-6,8H2,1,3-4H3,(H,17,22,23)/t9-,12-,13-,15-/m1/s1. The zero-order valence-corrected chi connectivity index (χ0v) is 16.3. The second-order valence-corrected chi connectivity index (χ2v) is 11.3. The van der Waals surface area contributed by atoms with Crippen LogP contribution in [0.25, 0.3) is 0 Å². The summed E-state index contributed by atoms with van der Waals surface area (Å²) < 4.78 is 16.1. The van der Waals surface area contributed by atoms with Gasteiger partial charge in [0.15, 0.2) is 12.8 Å². The van der Waals surface area contributed by atoms with Crippen molar-refractivity contribution in [1.29, 1.82) is 0 Å². The number of aromatic nitrogens is 2. The molecule has 0 amide bonds. The van der Waals surface area contributed by atoms with E-state index in [1.54, 1.807) is 0 Å². The number of nitrogens with zero attached hydrogens (tertiary/aromatic N) is 1. The zero-order chi connectivity index (χ0) is 20.4. The summed E-state index contributed by atoms with van der Waals surface area (Å²) in [5.41, 5.74) is -1.68. The molecule has 0 unspecified atom stereocenters. The van der Waals surface area contributed by atoms with Crippen LogP contribution in [0.4, 0.5) is 0 Å². The number of aliphatic hydroxyl groups is 2. The van der Waals surface area contributed by atoms with Gasteiger partial charge in [-0.3, -0.25) is 14.3 Å². The molecule has 1 aromatic heterocycles. The summed E-state index contributed by atoms with van der Waals surface area (Å²) in [6, 6.07) is 0. The van der Waals surface area contributed by atoms with E-state index in [2.05, 4.69) is 11.0 Å². The van der Waals surface area contributed by atoms with Gasteiger partial charge in [0.05, 0.1) is 19.4 Å². The molecule has 0 saturated carbocycles. The van der Waals surface area contributed by atoms with Gasteiger partial charge in [0, 0.05) is 0 Å². The number of methoxy groups -OCH3 is 1. The fraction of sp³-hybridized carbons (Fsp3) is 0.625. The minimum absolute atomic E-state index is 0.321. The molecule has 1 aromatic rings. The number of ether oxygens (including phenoxy) is 3. The maximum atomic E-state index is 12.1. The Kier molecular flexibility index (Phi) is 6.69. The van der Waals surface area contributed by atoms with Gasteiger partial charge in [0.2, 0.25) is 5.75 Å². The highest BCUT2D eigenvalue weighted by Gasteiger charge is 2.44. The number of rotatable bonds is 7. The monoisotopic (exact) mass is 404 g/mol. The molecule has 3 N–H and O–H groups in total. The molecule has 0 bridgehead atoms. The van der Waals surface area contributed by atoms with Gasteiger partial charge in [-0.25, -0.2) is 9.59 Å². The second kappa shape index (κ2) is 8.43. The molecule has 0 aliphatic carbocycles. The number of carbonyl (C=O) groups is 1. The summed E-state index contributed by atoms with van der Waals surface area (Å²) in [7, 11) is 1.16. The molecule has 27 heavy (non-hydrogen) atoms. The van der Waals surface area contributed by atoms with E-state index in [1.807, 2.05) is 18.3 Å². The number of aromatic amines is 1. The van der Waals surface area contributed by atoms with Crippen molar-refractivity contribution in [2.24, 2.45) is 0 Å². The Morgan fingerprint density at radius 3 is 2.63 bits per heavy atom. The van der Waals surface area contributed by atoms with Gasteiger partial charge >= 0.3 is 11.7 Å². The van der Waals surface area contributed by atoms with Crippen LogP contribution in [0.2, 0.25) is 0 Å². The first kappa shape index (κ1) is 21.4. The third-order valence-electron chi connectivity index (χ3n) is 4.14. The summed E-state index contributed by atoms with van der Waals surface area (Å²) in [4.78, 5) is 37.2. The van der Waals surface area contributed by atoms with Crippen molar-refractivity contribution >= 4 is 19.2 Å². The number of hydrogen-bond acceptors (Lipinski definition) is 8. The van der Waals surface area contributed by atoms with Crippen molar-refractivity contribution in [3.05, 3.63) is 27.0 Å². The third kappa shape index (κ3) is 5.32. The van der Waals surface area contributed by atoms with Crippen LogP contribution in [-0.2, 0) is 14.3 Å². The summed E-state index contributed by atoms with van der Waals surface area (Å²) >= 11 is 0. The largest absolute Gasteiger partial charge is 0.475 e. The molecular formula is C16H25N2O8P. The molecule has 1 aliphatic heterocycles. The summed E-state index contributed by atoms with van der Waals surface area (Å²) in [5, 5.41) is 20.5. The molecule has 4 atom stereocenters. The van der Waals surface area contributed by atoms with Crippen molar-refractivity contribution < 1.29 is 29.2 Å². The van der Waals surface area contributed by atoms with E-state index in [4.69, 9.17) is 9.47 Å². The Morgan fingerprint density at radius 2 is 2.04 bits per heavy atom. The number of carbonyl (C=O) groups excluding carboxylic acids is 1. The fourth-order valence-electron chi connectivity index (χ4n) is 2.63. The molecule has 10 nitrogen and oxygen atoms in total. The predicted molar refractivity (Wildman–Crippen MR) is 100 cm³/mol. The summed E-state index contributed by atoms with van der Waals surface area (Å²) in [6.07, 6.45) is 1.88. The molecule has 0 radical (unpaired) electrons. The highest BCUT2D eigenvalue weighted by atomic mass is 31.2. The molecule has 1 aliphatic rings. The Morgan fingerprint density at radius 1 is 1.37 bits per heavy atom. The molecule has 11 heteroatoms. The smallest absolute Gasteiger partial charge is 0.343 e. The number of H-pyrrole nitrogens is 1. The molecule has 1 fully saturated rings. The molecule has 0 aromatic carbocycles.